The predicted octanol–water partition coefficient (Wildman–Crippen LogP) is 2.94. The van der Waals surface area contributed by atoms with Crippen LogP contribution in [-0.2, 0) is 0 Å². The van der Waals surface area contributed by atoms with E-state index in [-0.39, 0.29) is 0 Å². The van der Waals surface area contributed by atoms with Crippen molar-refractivity contribution in [3.05, 3.63) is 35.7 Å². The minimum atomic E-state index is 0.698. The lowest BCUT2D eigenvalue weighted by Gasteiger charge is -2.36. The Morgan fingerprint density at radius 2 is 2.29 bits per heavy atom. The van der Waals surface area contributed by atoms with E-state index in [9.17, 15) is 0 Å². The molecule has 2 heterocycles. The van der Waals surface area contributed by atoms with Crippen molar-refractivity contribution in [1.29, 1.82) is 0 Å². The highest BCUT2D eigenvalue weighted by Gasteiger charge is 2.28. The number of pyridine rings is 1. The molecule has 0 bridgehead atoms. The number of hydrogen-bond acceptors (Lipinski definition) is 2. The molecule has 90 valence electrons. The first-order valence-corrected chi connectivity index (χ1v) is 6.67. The summed E-state index contributed by atoms with van der Waals surface area (Å²) < 4.78 is 0. The SMILES string of the molecule is Cc1cncc(C2=CC[C@H]3CCCN[C@H]3C2)c1. The lowest BCUT2D eigenvalue weighted by atomic mass is 9.78. The van der Waals surface area contributed by atoms with Crippen molar-refractivity contribution in [2.45, 2.75) is 38.6 Å². The maximum absolute atomic E-state index is 4.30. The molecule has 0 unspecified atom stereocenters. The smallest absolute Gasteiger partial charge is 0.0343 e. The summed E-state index contributed by atoms with van der Waals surface area (Å²) >= 11 is 0. The number of fused-ring (bicyclic) bond motifs is 1. The summed E-state index contributed by atoms with van der Waals surface area (Å²) in [4.78, 5) is 4.30. The van der Waals surface area contributed by atoms with E-state index in [1.807, 2.05) is 12.4 Å². The third-order valence-electron chi connectivity index (χ3n) is 4.08. The van der Waals surface area contributed by atoms with Gasteiger partial charge in [0.2, 0.25) is 0 Å². The zero-order valence-electron chi connectivity index (χ0n) is 10.4. The molecule has 0 amide bonds. The van der Waals surface area contributed by atoms with Gasteiger partial charge in [0.1, 0.15) is 0 Å². The molecular formula is C15H20N2. The molecule has 17 heavy (non-hydrogen) atoms. The fourth-order valence-corrected chi connectivity index (χ4v) is 3.12. The Morgan fingerprint density at radius 1 is 1.35 bits per heavy atom. The van der Waals surface area contributed by atoms with Gasteiger partial charge in [0.05, 0.1) is 0 Å². The van der Waals surface area contributed by atoms with Gasteiger partial charge >= 0.3 is 0 Å². The summed E-state index contributed by atoms with van der Waals surface area (Å²) in [6.45, 7) is 3.31. The van der Waals surface area contributed by atoms with Gasteiger partial charge in [-0.3, -0.25) is 4.98 Å². The molecule has 0 saturated carbocycles. The van der Waals surface area contributed by atoms with Gasteiger partial charge in [0, 0.05) is 18.4 Å². The summed E-state index contributed by atoms with van der Waals surface area (Å²) in [7, 11) is 0. The molecule has 1 aliphatic heterocycles. The summed E-state index contributed by atoms with van der Waals surface area (Å²) in [6.07, 6.45) is 11.5. The summed E-state index contributed by atoms with van der Waals surface area (Å²) in [5, 5.41) is 3.67. The van der Waals surface area contributed by atoms with Crippen molar-refractivity contribution in [3.8, 4) is 0 Å². The minimum Gasteiger partial charge on any atom is -0.313 e. The van der Waals surface area contributed by atoms with Crippen molar-refractivity contribution in [2.24, 2.45) is 5.92 Å². The van der Waals surface area contributed by atoms with Gasteiger partial charge in [-0.15, -0.1) is 0 Å². The number of nitrogens with zero attached hydrogens (tertiary/aromatic N) is 1. The lowest BCUT2D eigenvalue weighted by Crippen LogP contribution is -2.42. The molecule has 0 spiro atoms. The van der Waals surface area contributed by atoms with E-state index < -0.39 is 0 Å². The van der Waals surface area contributed by atoms with Crippen LogP contribution in [0, 0.1) is 12.8 Å². The normalized spacial score (nSPS) is 28.4. The Kier molecular flexibility index (Phi) is 2.98. The highest BCUT2D eigenvalue weighted by Crippen LogP contribution is 2.34. The van der Waals surface area contributed by atoms with Crippen LogP contribution in [0.5, 0.6) is 0 Å². The molecule has 2 heteroatoms. The molecule has 1 aromatic rings. The van der Waals surface area contributed by atoms with Crippen LogP contribution < -0.4 is 5.32 Å². The molecule has 1 saturated heterocycles. The van der Waals surface area contributed by atoms with E-state index in [1.165, 1.54) is 48.9 Å². The first-order valence-electron chi connectivity index (χ1n) is 6.67. The molecule has 3 rings (SSSR count). The average Bonchev–Trinajstić information content (AvgIpc) is 2.38. The standard InChI is InChI=1S/C15H20N2/c1-11-7-14(10-16-9-11)13-5-4-12-3-2-6-17-15(12)8-13/h5,7,9-10,12,15,17H,2-4,6,8H2,1H3/t12-,15+/m1/s1. The number of piperidine rings is 1. The molecule has 0 radical (unpaired) electrons. The van der Waals surface area contributed by atoms with Crippen LogP contribution in [-0.4, -0.2) is 17.6 Å². The van der Waals surface area contributed by atoms with Crippen LogP contribution in [0.2, 0.25) is 0 Å². The van der Waals surface area contributed by atoms with Crippen LogP contribution in [0.15, 0.2) is 24.5 Å². The van der Waals surface area contributed by atoms with Crippen LogP contribution in [0.4, 0.5) is 0 Å². The second kappa shape index (κ2) is 4.61. The quantitative estimate of drug-likeness (QED) is 0.799. The number of hydrogen-bond donors (Lipinski definition) is 1. The van der Waals surface area contributed by atoms with Gasteiger partial charge in [0.25, 0.3) is 0 Å². The third-order valence-corrected chi connectivity index (χ3v) is 4.08. The second-order valence-electron chi connectivity index (χ2n) is 5.38. The Balaban J connectivity index is 1.82. The van der Waals surface area contributed by atoms with Crippen LogP contribution in [0.1, 0.15) is 36.8 Å². The zero-order valence-corrected chi connectivity index (χ0v) is 10.4. The minimum absolute atomic E-state index is 0.698. The van der Waals surface area contributed by atoms with Crippen molar-refractivity contribution >= 4 is 5.57 Å². The van der Waals surface area contributed by atoms with Crippen LogP contribution in [0.3, 0.4) is 0 Å². The largest absolute Gasteiger partial charge is 0.313 e. The number of aromatic nitrogens is 1. The molecule has 2 atom stereocenters. The topological polar surface area (TPSA) is 24.9 Å². The molecule has 0 aromatic carbocycles. The van der Waals surface area contributed by atoms with Gasteiger partial charge in [0.15, 0.2) is 0 Å². The molecule has 1 aromatic heterocycles. The number of allylic oxidation sites excluding steroid dienone is 1. The van der Waals surface area contributed by atoms with Crippen molar-refractivity contribution in [3.63, 3.8) is 0 Å². The Bertz CT molecular complexity index is 436. The zero-order chi connectivity index (χ0) is 11.7. The third kappa shape index (κ3) is 2.27. The van der Waals surface area contributed by atoms with Crippen molar-refractivity contribution in [2.75, 3.05) is 6.54 Å². The second-order valence-corrected chi connectivity index (χ2v) is 5.38. The molecule has 2 nitrogen and oxygen atoms in total. The van der Waals surface area contributed by atoms with E-state index in [1.54, 1.807) is 0 Å². The van der Waals surface area contributed by atoms with Gasteiger partial charge in [-0.05, 0) is 67.8 Å². The Morgan fingerprint density at radius 3 is 3.18 bits per heavy atom. The summed E-state index contributed by atoms with van der Waals surface area (Å²) in [5.74, 6) is 0.866. The fourth-order valence-electron chi connectivity index (χ4n) is 3.12. The maximum Gasteiger partial charge on any atom is 0.0343 e. The van der Waals surface area contributed by atoms with Gasteiger partial charge in [-0.1, -0.05) is 6.08 Å². The summed E-state index contributed by atoms with van der Waals surface area (Å²) in [5.41, 5.74) is 4.05. The average molecular weight is 228 g/mol. The van der Waals surface area contributed by atoms with Crippen LogP contribution in [0.25, 0.3) is 5.57 Å². The first-order chi connectivity index (χ1) is 8.33. The summed E-state index contributed by atoms with van der Waals surface area (Å²) in [6, 6.07) is 2.95. The molecule has 2 aliphatic rings. The number of nitrogens with one attached hydrogen (secondary N) is 1. The van der Waals surface area contributed by atoms with E-state index in [0.717, 1.165) is 5.92 Å². The van der Waals surface area contributed by atoms with Gasteiger partial charge in [-0.25, -0.2) is 0 Å². The molecule has 1 N–H and O–H groups in total. The Labute approximate surface area is 103 Å². The highest BCUT2D eigenvalue weighted by molar-refractivity contribution is 5.66. The number of aryl methyl sites for hydroxylation is 1. The van der Waals surface area contributed by atoms with E-state index in [4.69, 9.17) is 0 Å². The molecular weight excluding hydrogens is 208 g/mol. The van der Waals surface area contributed by atoms with Gasteiger partial charge < -0.3 is 5.32 Å². The van der Waals surface area contributed by atoms with E-state index in [0.29, 0.717) is 6.04 Å². The van der Waals surface area contributed by atoms with Gasteiger partial charge in [-0.2, -0.15) is 0 Å². The Hall–Kier alpha value is -1.15. The lowest BCUT2D eigenvalue weighted by molar-refractivity contribution is 0.278. The molecule has 1 fully saturated rings. The van der Waals surface area contributed by atoms with E-state index in [2.05, 4.69) is 29.4 Å². The fraction of sp³-hybridized carbons (Fsp3) is 0.533. The molecule has 1 aliphatic carbocycles. The highest BCUT2D eigenvalue weighted by atomic mass is 14.9. The first kappa shape index (κ1) is 11.0. The van der Waals surface area contributed by atoms with Crippen molar-refractivity contribution in [1.82, 2.24) is 10.3 Å². The maximum atomic E-state index is 4.30. The van der Waals surface area contributed by atoms with E-state index >= 15 is 0 Å². The predicted molar refractivity (Wildman–Crippen MR) is 70.7 cm³/mol. The van der Waals surface area contributed by atoms with Crippen molar-refractivity contribution < 1.29 is 0 Å². The monoisotopic (exact) mass is 228 g/mol. The number of rotatable bonds is 1. The van der Waals surface area contributed by atoms with Crippen LogP contribution >= 0.6 is 0 Å².